The standard InChI is InChI=1S/C17H23N5/c1-4-12-18-16-11-13-19-17(21-16)20-14-7-9-15(10-8-14)22(5-2)6-3/h4,7-11,13H,1,5-6,12H2,2-3H3,(H2,18,19,20,21). The number of rotatable bonds is 8. The van der Waals surface area contributed by atoms with Gasteiger partial charge in [-0.2, -0.15) is 4.98 Å². The average Bonchev–Trinajstić information content (AvgIpc) is 2.56. The van der Waals surface area contributed by atoms with Crippen molar-refractivity contribution in [1.29, 1.82) is 0 Å². The second-order valence-corrected chi connectivity index (χ2v) is 4.78. The van der Waals surface area contributed by atoms with Crippen LogP contribution < -0.4 is 15.5 Å². The normalized spacial score (nSPS) is 10.1. The summed E-state index contributed by atoms with van der Waals surface area (Å²) >= 11 is 0. The lowest BCUT2D eigenvalue weighted by Crippen LogP contribution is -2.21. The molecule has 0 unspecified atom stereocenters. The molecule has 1 heterocycles. The first-order valence-corrected chi connectivity index (χ1v) is 7.56. The van der Waals surface area contributed by atoms with Crippen molar-refractivity contribution in [3.05, 3.63) is 49.2 Å². The third-order valence-electron chi connectivity index (χ3n) is 3.34. The maximum absolute atomic E-state index is 4.40. The van der Waals surface area contributed by atoms with Gasteiger partial charge >= 0.3 is 0 Å². The largest absolute Gasteiger partial charge is 0.372 e. The summed E-state index contributed by atoms with van der Waals surface area (Å²) in [6.07, 6.45) is 3.52. The van der Waals surface area contributed by atoms with Crippen LogP contribution in [-0.2, 0) is 0 Å². The number of nitrogens with one attached hydrogen (secondary N) is 2. The lowest BCUT2D eigenvalue weighted by Gasteiger charge is -2.21. The number of benzene rings is 1. The van der Waals surface area contributed by atoms with Crippen LogP contribution in [0.2, 0.25) is 0 Å². The van der Waals surface area contributed by atoms with Gasteiger partial charge in [0.05, 0.1) is 0 Å². The number of anilines is 4. The van der Waals surface area contributed by atoms with Crippen molar-refractivity contribution in [1.82, 2.24) is 9.97 Å². The molecule has 0 bridgehead atoms. The van der Waals surface area contributed by atoms with Gasteiger partial charge in [0.15, 0.2) is 0 Å². The molecule has 0 saturated carbocycles. The number of hydrogen-bond donors (Lipinski definition) is 2. The van der Waals surface area contributed by atoms with E-state index < -0.39 is 0 Å². The molecule has 5 nitrogen and oxygen atoms in total. The van der Waals surface area contributed by atoms with Gasteiger partial charge in [-0.25, -0.2) is 4.98 Å². The van der Waals surface area contributed by atoms with Crippen LogP contribution in [-0.4, -0.2) is 29.6 Å². The summed E-state index contributed by atoms with van der Waals surface area (Å²) in [4.78, 5) is 10.9. The molecule has 0 aliphatic carbocycles. The van der Waals surface area contributed by atoms with Gasteiger partial charge in [0.25, 0.3) is 0 Å². The summed E-state index contributed by atoms with van der Waals surface area (Å²) in [5.41, 5.74) is 2.19. The number of nitrogens with zero attached hydrogens (tertiary/aromatic N) is 3. The molecular formula is C17H23N5. The van der Waals surface area contributed by atoms with E-state index in [1.165, 1.54) is 5.69 Å². The molecule has 2 rings (SSSR count). The maximum Gasteiger partial charge on any atom is 0.229 e. The van der Waals surface area contributed by atoms with Crippen LogP contribution in [0.3, 0.4) is 0 Å². The number of aromatic nitrogens is 2. The highest BCUT2D eigenvalue weighted by molar-refractivity contribution is 5.59. The molecule has 0 amide bonds. The van der Waals surface area contributed by atoms with Crippen LogP contribution in [0, 0.1) is 0 Å². The van der Waals surface area contributed by atoms with Crippen LogP contribution in [0.1, 0.15) is 13.8 Å². The van der Waals surface area contributed by atoms with E-state index in [0.29, 0.717) is 12.5 Å². The van der Waals surface area contributed by atoms with Crippen molar-refractivity contribution >= 4 is 23.1 Å². The summed E-state index contributed by atoms with van der Waals surface area (Å²) in [6.45, 7) is 10.7. The Kier molecular flexibility index (Phi) is 5.77. The Labute approximate surface area is 132 Å². The van der Waals surface area contributed by atoms with Crippen LogP contribution in [0.15, 0.2) is 49.2 Å². The van der Waals surface area contributed by atoms with Gasteiger partial charge in [0.2, 0.25) is 5.95 Å². The van der Waals surface area contributed by atoms with E-state index in [0.717, 1.165) is 24.6 Å². The SMILES string of the molecule is C=CCNc1ccnc(Nc2ccc(N(CC)CC)cc2)n1. The van der Waals surface area contributed by atoms with Gasteiger partial charge < -0.3 is 15.5 Å². The summed E-state index contributed by atoms with van der Waals surface area (Å²) < 4.78 is 0. The van der Waals surface area contributed by atoms with Gasteiger partial charge in [-0.15, -0.1) is 6.58 Å². The molecular weight excluding hydrogens is 274 g/mol. The minimum Gasteiger partial charge on any atom is -0.372 e. The monoisotopic (exact) mass is 297 g/mol. The van der Waals surface area contributed by atoms with Gasteiger partial charge in [-0.05, 0) is 44.2 Å². The topological polar surface area (TPSA) is 53.1 Å². The predicted molar refractivity (Wildman–Crippen MR) is 94.0 cm³/mol. The second kappa shape index (κ2) is 8.02. The van der Waals surface area contributed by atoms with Crippen molar-refractivity contribution in [2.24, 2.45) is 0 Å². The van der Waals surface area contributed by atoms with Crippen molar-refractivity contribution in [2.45, 2.75) is 13.8 Å². The fraction of sp³-hybridized carbons (Fsp3) is 0.294. The Morgan fingerprint density at radius 1 is 1.14 bits per heavy atom. The molecule has 0 spiro atoms. The van der Waals surface area contributed by atoms with Crippen LogP contribution >= 0.6 is 0 Å². The first-order chi connectivity index (χ1) is 10.8. The van der Waals surface area contributed by atoms with E-state index in [2.05, 4.69) is 58.1 Å². The molecule has 0 fully saturated rings. The summed E-state index contributed by atoms with van der Waals surface area (Å²) in [5, 5.41) is 6.36. The Hall–Kier alpha value is -2.56. The summed E-state index contributed by atoms with van der Waals surface area (Å²) in [7, 11) is 0. The Morgan fingerprint density at radius 3 is 2.50 bits per heavy atom. The third-order valence-corrected chi connectivity index (χ3v) is 3.34. The lowest BCUT2D eigenvalue weighted by atomic mass is 10.2. The van der Waals surface area contributed by atoms with Gasteiger partial charge in [-0.1, -0.05) is 6.08 Å². The Balaban J connectivity index is 2.05. The van der Waals surface area contributed by atoms with E-state index in [4.69, 9.17) is 0 Å². The molecule has 5 heteroatoms. The Bertz CT molecular complexity index is 590. The molecule has 1 aromatic heterocycles. The van der Waals surface area contributed by atoms with E-state index in [1.54, 1.807) is 12.3 Å². The molecule has 2 aromatic rings. The zero-order valence-electron chi connectivity index (χ0n) is 13.2. The molecule has 0 aliphatic heterocycles. The predicted octanol–water partition coefficient (Wildman–Crippen LogP) is 3.66. The van der Waals surface area contributed by atoms with Crippen LogP contribution in [0.4, 0.5) is 23.1 Å². The van der Waals surface area contributed by atoms with Crippen LogP contribution in [0.5, 0.6) is 0 Å². The summed E-state index contributed by atoms with van der Waals surface area (Å²) in [5.74, 6) is 1.35. The fourth-order valence-electron chi connectivity index (χ4n) is 2.17. The molecule has 0 radical (unpaired) electrons. The quantitative estimate of drug-likeness (QED) is 0.728. The molecule has 0 aliphatic rings. The zero-order chi connectivity index (χ0) is 15.8. The van der Waals surface area contributed by atoms with Gasteiger partial charge in [0.1, 0.15) is 5.82 Å². The minimum absolute atomic E-state index is 0.574. The minimum atomic E-state index is 0.574. The van der Waals surface area contributed by atoms with Crippen molar-refractivity contribution in [2.75, 3.05) is 35.2 Å². The number of hydrogen-bond acceptors (Lipinski definition) is 5. The van der Waals surface area contributed by atoms with Crippen LogP contribution in [0.25, 0.3) is 0 Å². The molecule has 1 aromatic carbocycles. The molecule has 0 saturated heterocycles. The molecule has 116 valence electrons. The van der Waals surface area contributed by atoms with E-state index in [9.17, 15) is 0 Å². The highest BCUT2D eigenvalue weighted by atomic mass is 15.1. The smallest absolute Gasteiger partial charge is 0.229 e. The van der Waals surface area contributed by atoms with Crippen molar-refractivity contribution in [3.63, 3.8) is 0 Å². The van der Waals surface area contributed by atoms with E-state index in [-0.39, 0.29) is 0 Å². The first-order valence-electron chi connectivity index (χ1n) is 7.56. The Morgan fingerprint density at radius 2 is 1.86 bits per heavy atom. The average molecular weight is 297 g/mol. The highest BCUT2D eigenvalue weighted by Gasteiger charge is 2.03. The van der Waals surface area contributed by atoms with E-state index in [1.807, 2.05) is 18.2 Å². The van der Waals surface area contributed by atoms with Crippen molar-refractivity contribution < 1.29 is 0 Å². The van der Waals surface area contributed by atoms with Crippen molar-refractivity contribution in [3.8, 4) is 0 Å². The zero-order valence-corrected chi connectivity index (χ0v) is 13.2. The van der Waals surface area contributed by atoms with E-state index >= 15 is 0 Å². The first kappa shape index (κ1) is 15.8. The fourth-order valence-corrected chi connectivity index (χ4v) is 2.17. The molecule has 0 atom stereocenters. The summed E-state index contributed by atoms with van der Waals surface area (Å²) in [6, 6.07) is 10.1. The maximum atomic E-state index is 4.40. The molecule has 22 heavy (non-hydrogen) atoms. The van der Waals surface area contributed by atoms with Gasteiger partial charge in [0, 0.05) is 37.2 Å². The third kappa shape index (κ3) is 4.22. The second-order valence-electron chi connectivity index (χ2n) is 4.78. The highest BCUT2D eigenvalue weighted by Crippen LogP contribution is 2.20. The van der Waals surface area contributed by atoms with Gasteiger partial charge in [-0.3, -0.25) is 0 Å². The lowest BCUT2D eigenvalue weighted by molar-refractivity contribution is 0.866. The molecule has 2 N–H and O–H groups in total.